The van der Waals surface area contributed by atoms with Crippen molar-refractivity contribution < 1.29 is 28.8 Å². The molecule has 29 heavy (non-hydrogen) atoms. The van der Waals surface area contributed by atoms with E-state index in [0.717, 1.165) is 25.3 Å². The fourth-order valence-corrected chi connectivity index (χ4v) is 2.64. The van der Waals surface area contributed by atoms with E-state index in [9.17, 15) is 29.3 Å². The van der Waals surface area contributed by atoms with Gasteiger partial charge in [-0.2, -0.15) is 0 Å². The molecule has 1 unspecified atom stereocenters. The molecular formula is C19H15ClN2O7. The second-order valence-corrected chi connectivity index (χ2v) is 6.21. The van der Waals surface area contributed by atoms with E-state index in [1.807, 2.05) is 0 Å². The molecule has 0 aliphatic heterocycles. The summed E-state index contributed by atoms with van der Waals surface area (Å²) < 4.78 is 4.51. The molecule has 1 amide bonds. The van der Waals surface area contributed by atoms with Crippen LogP contribution in [-0.4, -0.2) is 35.5 Å². The predicted octanol–water partition coefficient (Wildman–Crippen LogP) is 2.82. The number of hydrogen-bond acceptors (Lipinski definition) is 7. The van der Waals surface area contributed by atoms with Crippen LogP contribution in [0.3, 0.4) is 0 Å². The van der Waals surface area contributed by atoms with Crippen molar-refractivity contribution in [1.82, 2.24) is 0 Å². The van der Waals surface area contributed by atoms with Crippen LogP contribution >= 0.6 is 11.6 Å². The number of carbonyl (C=O) groups is 4. The quantitative estimate of drug-likeness (QED) is 0.174. The summed E-state index contributed by atoms with van der Waals surface area (Å²) in [7, 11) is 1.09. The molecule has 2 aromatic carbocycles. The second-order valence-electron chi connectivity index (χ2n) is 5.80. The molecule has 0 fully saturated rings. The second kappa shape index (κ2) is 9.56. The number of ether oxygens (including phenoxy) is 1. The first kappa shape index (κ1) is 21.7. The Hall–Kier alpha value is -3.59. The third kappa shape index (κ3) is 5.45. The zero-order valence-electron chi connectivity index (χ0n) is 15.1. The highest BCUT2D eigenvalue weighted by Gasteiger charge is 2.34. The van der Waals surface area contributed by atoms with Crippen LogP contribution in [0.25, 0.3) is 0 Å². The standard InChI is InChI=1S/C19H15ClN2O7/c1-29-16(23)10-13(17(24)11-5-3-2-4-6-11)18(25)19(26)21-15-8-7-12(22(27)28)9-14(15)20/h2-9,13H,10H2,1H3,(H,21,26). The lowest BCUT2D eigenvalue weighted by Crippen LogP contribution is -2.36. The van der Waals surface area contributed by atoms with Crippen molar-refractivity contribution in [3.63, 3.8) is 0 Å². The van der Waals surface area contributed by atoms with Crippen LogP contribution < -0.4 is 5.32 Å². The van der Waals surface area contributed by atoms with Crippen molar-refractivity contribution in [1.29, 1.82) is 0 Å². The van der Waals surface area contributed by atoms with Crippen molar-refractivity contribution in [2.24, 2.45) is 5.92 Å². The van der Waals surface area contributed by atoms with Gasteiger partial charge in [0.1, 0.15) is 5.92 Å². The molecule has 2 aromatic rings. The van der Waals surface area contributed by atoms with Gasteiger partial charge in [0.2, 0.25) is 5.78 Å². The lowest BCUT2D eigenvalue weighted by molar-refractivity contribution is -0.384. The minimum absolute atomic E-state index is 0.0559. The highest BCUT2D eigenvalue weighted by Crippen LogP contribution is 2.27. The predicted molar refractivity (Wildman–Crippen MR) is 103 cm³/mol. The molecule has 2 rings (SSSR count). The lowest BCUT2D eigenvalue weighted by Gasteiger charge is -2.14. The minimum Gasteiger partial charge on any atom is -0.469 e. The molecule has 0 aliphatic carbocycles. The summed E-state index contributed by atoms with van der Waals surface area (Å²) in [4.78, 5) is 59.4. The van der Waals surface area contributed by atoms with Gasteiger partial charge in [-0.3, -0.25) is 29.3 Å². The number of nitro groups is 1. The van der Waals surface area contributed by atoms with E-state index in [1.165, 1.54) is 12.1 Å². The SMILES string of the molecule is COC(=O)CC(C(=O)C(=O)Nc1ccc([N+](=O)[O-])cc1Cl)C(=O)c1ccccc1. The van der Waals surface area contributed by atoms with Crippen LogP contribution in [0, 0.1) is 16.0 Å². The number of esters is 1. The van der Waals surface area contributed by atoms with E-state index in [1.54, 1.807) is 18.2 Å². The highest BCUT2D eigenvalue weighted by molar-refractivity contribution is 6.46. The Morgan fingerprint density at radius 3 is 2.34 bits per heavy atom. The van der Waals surface area contributed by atoms with Gasteiger partial charge >= 0.3 is 5.97 Å². The number of nitro benzene ring substituents is 1. The Morgan fingerprint density at radius 2 is 1.79 bits per heavy atom. The third-order valence-electron chi connectivity index (χ3n) is 3.93. The zero-order valence-corrected chi connectivity index (χ0v) is 15.8. The van der Waals surface area contributed by atoms with Crippen molar-refractivity contribution in [2.75, 3.05) is 12.4 Å². The fourth-order valence-electron chi connectivity index (χ4n) is 2.42. The number of nitrogens with zero attached hydrogens (tertiary/aromatic N) is 1. The normalized spacial score (nSPS) is 11.2. The summed E-state index contributed by atoms with van der Waals surface area (Å²) >= 11 is 5.90. The Balaban J connectivity index is 2.26. The van der Waals surface area contributed by atoms with E-state index >= 15 is 0 Å². The van der Waals surface area contributed by atoms with Gasteiger partial charge in [-0.15, -0.1) is 0 Å². The summed E-state index contributed by atoms with van der Waals surface area (Å²) in [5.41, 5.74) is -0.210. The Morgan fingerprint density at radius 1 is 1.14 bits per heavy atom. The van der Waals surface area contributed by atoms with Crippen molar-refractivity contribution >= 4 is 46.4 Å². The molecule has 0 heterocycles. The Kier molecular flexibility index (Phi) is 7.15. The third-order valence-corrected chi connectivity index (χ3v) is 4.24. The summed E-state index contributed by atoms with van der Waals surface area (Å²) in [6.07, 6.45) is -0.621. The topological polar surface area (TPSA) is 133 Å². The van der Waals surface area contributed by atoms with Gasteiger partial charge in [0.05, 0.1) is 29.2 Å². The summed E-state index contributed by atoms with van der Waals surface area (Å²) in [6.45, 7) is 0. The number of methoxy groups -OCH3 is 1. The molecule has 150 valence electrons. The monoisotopic (exact) mass is 418 g/mol. The molecule has 0 radical (unpaired) electrons. The molecule has 1 N–H and O–H groups in total. The lowest BCUT2D eigenvalue weighted by atomic mass is 9.90. The number of ketones is 2. The number of non-ortho nitro benzene ring substituents is 1. The average Bonchev–Trinajstić information content (AvgIpc) is 2.72. The van der Waals surface area contributed by atoms with Crippen LogP contribution in [0.15, 0.2) is 48.5 Å². The number of nitrogens with one attached hydrogen (secondary N) is 1. The maximum atomic E-state index is 12.7. The molecular weight excluding hydrogens is 404 g/mol. The minimum atomic E-state index is -1.60. The van der Waals surface area contributed by atoms with E-state index in [4.69, 9.17) is 11.6 Å². The summed E-state index contributed by atoms with van der Waals surface area (Å²) in [5, 5.41) is 12.8. The van der Waals surface area contributed by atoms with Crippen LogP contribution in [0.1, 0.15) is 16.8 Å². The average molecular weight is 419 g/mol. The van der Waals surface area contributed by atoms with E-state index in [0.29, 0.717) is 0 Å². The zero-order chi connectivity index (χ0) is 21.6. The molecule has 0 spiro atoms. The number of anilines is 1. The molecule has 0 aromatic heterocycles. The van der Waals surface area contributed by atoms with Gasteiger partial charge < -0.3 is 10.1 Å². The molecule has 0 bridgehead atoms. The van der Waals surface area contributed by atoms with E-state index in [-0.39, 0.29) is 22.0 Å². The molecule has 0 saturated heterocycles. The van der Waals surface area contributed by atoms with E-state index in [2.05, 4.69) is 10.1 Å². The number of benzene rings is 2. The maximum Gasteiger partial charge on any atom is 0.306 e. The highest BCUT2D eigenvalue weighted by atomic mass is 35.5. The van der Waals surface area contributed by atoms with Crippen LogP contribution in [0.5, 0.6) is 0 Å². The summed E-state index contributed by atoms with van der Waals surface area (Å²) in [6, 6.07) is 11.0. The first-order valence-electron chi connectivity index (χ1n) is 8.19. The fraction of sp³-hybridized carbons (Fsp3) is 0.158. The Labute approximate surface area is 169 Å². The van der Waals surface area contributed by atoms with Crippen molar-refractivity contribution in [3.8, 4) is 0 Å². The number of halogens is 1. The molecule has 9 nitrogen and oxygen atoms in total. The van der Waals surface area contributed by atoms with Crippen molar-refractivity contribution in [2.45, 2.75) is 6.42 Å². The number of hydrogen-bond donors (Lipinski definition) is 1. The van der Waals surface area contributed by atoms with Crippen LogP contribution in [0.2, 0.25) is 5.02 Å². The van der Waals surface area contributed by atoms with Gasteiger partial charge in [0.15, 0.2) is 5.78 Å². The number of amides is 1. The number of carbonyl (C=O) groups excluding carboxylic acids is 4. The molecule has 1 atom stereocenters. The van der Waals surface area contributed by atoms with Gasteiger partial charge in [0.25, 0.3) is 11.6 Å². The molecule has 10 heteroatoms. The number of Topliss-reactive ketones (excluding diaryl/α,β-unsaturated/α-hetero) is 2. The first-order chi connectivity index (χ1) is 13.7. The van der Waals surface area contributed by atoms with Crippen LogP contribution in [-0.2, 0) is 19.1 Å². The van der Waals surface area contributed by atoms with Crippen molar-refractivity contribution in [3.05, 3.63) is 69.2 Å². The van der Waals surface area contributed by atoms with E-state index < -0.39 is 40.7 Å². The maximum absolute atomic E-state index is 12.7. The Bertz CT molecular complexity index is 976. The van der Waals surface area contributed by atoms with Gasteiger partial charge in [-0.05, 0) is 6.07 Å². The smallest absolute Gasteiger partial charge is 0.306 e. The molecule has 0 aliphatic rings. The van der Waals surface area contributed by atoms with Gasteiger partial charge in [0, 0.05) is 17.7 Å². The van der Waals surface area contributed by atoms with Gasteiger partial charge in [-0.1, -0.05) is 41.9 Å². The first-order valence-corrected chi connectivity index (χ1v) is 8.57. The summed E-state index contributed by atoms with van der Waals surface area (Å²) in [5.74, 6) is -5.51. The van der Waals surface area contributed by atoms with Crippen LogP contribution in [0.4, 0.5) is 11.4 Å². The largest absolute Gasteiger partial charge is 0.469 e. The number of rotatable bonds is 8. The van der Waals surface area contributed by atoms with Gasteiger partial charge in [-0.25, -0.2) is 0 Å². The molecule has 0 saturated carbocycles.